The summed E-state index contributed by atoms with van der Waals surface area (Å²) < 4.78 is 0. The lowest BCUT2D eigenvalue weighted by atomic mass is 9.78. The minimum atomic E-state index is -0.692. The highest BCUT2D eigenvalue weighted by molar-refractivity contribution is 5.83. The van der Waals surface area contributed by atoms with Gasteiger partial charge in [-0.15, -0.1) is 0 Å². The van der Waals surface area contributed by atoms with E-state index < -0.39 is 5.97 Å². The second-order valence-corrected chi connectivity index (χ2v) is 15.3. The topological polar surface area (TPSA) is 92.7 Å². The summed E-state index contributed by atoms with van der Waals surface area (Å²) in [5, 5.41) is 20.8. The summed E-state index contributed by atoms with van der Waals surface area (Å²) in [7, 11) is 0. The number of hydrogen-bond donors (Lipinski definition) is 3. The molecular weight excluding hydrogens is 584 g/mol. The van der Waals surface area contributed by atoms with E-state index in [1.165, 1.54) is 5.69 Å². The number of aromatic amines is 1. The van der Waals surface area contributed by atoms with Gasteiger partial charge in [0, 0.05) is 65.4 Å². The number of aliphatic carboxylic acids is 1. The number of nitrogens with one attached hydrogen (secondary N) is 1. The highest BCUT2D eigenvalue weighted by atomic mass is 16.4. The summed E-state index contributed by atoms with van der Waals surface area (Å²) in [4.78, 5) is 25.1. The Morgan fingerprint density at radius 1 is 0.745 bits per heavy atom. The minimum absolute atomic E-state index is 0.255. The van der Waals surface area contributed by atoms with Crippen LogP contribution in [0.15, 0.2) is 60.7 Å². The van der Waals surface area contributed by atoms with Crippen LogP contribution < -0.4 is 9.80 Å². The summed E-state index contributed by atoms with van der Waals surface area (Å²) in [6.07, 6.45) is 5.92. The molecule has 0 bridgehead atoms. The fraction of sp³-hybridized carbons (Fsp3) is 0.425. The molecule has 3 N–H and O–H groups in total. The zero-order valence-electron chi connectivity index (χ0n) is 28.7. The molecule has 4 aromatic rings. The molecule has 7 nitrogen and oxygen atoms in total. The summed E-state index contributed by atoms with van der Waals surface area (Å²) in [6.45, 7) is 16.4. The van der Waals surface area contributed by atoms with Gasteiger partial charge in [-0.1, -0.05) is 65.8 Å². The third-order valence-electron chi connectivity index (χ3n) is 9.78. The van der Waals surface area contributed by atoms with Gasteiger partial charge in [-0.2, -0.15) is 0 Å². The molecule has 2 aliphatic rings. The zero-order chi connectivity index (χ0) is 33.5. The van der Waals surface area contributed by atoms with Crippen LogP contribution in [0.25, 0.3) is 33.9 Å². The molecule has 2 saturated heterocycles. The Morgan fingerprint density at radius 2 is 1.23 bits per heavy atom. The van der Waals surface area contributed by atoms with Crippen molar-refractivity contribution in [3.05, 3.63) is 78.2 Å². The predicted octanol–water partition coefficient (Wildman–Crippen LogP) is 8.82. The molecule has 3 aromatic carbocycles. The van der Waals surface area contributed by atoms with Crippen molar-refractivity contribution in [2.45, 2.75) is 78.1 Å². The molecule has 0 spiro atoms. The molecule has 7 heteroatoms. The van der Waals surface area contributed by atoms with E-state index >= 15 is 0 Å². The fourth-order valence-electron chi connectivity index (χ4n) is 6.90. The van der Waals surface area contributed by atoms with E-state index in [4.69, 9.17) is 4.98 Å². The number of aromatic hydroxyl groups is 1. The van der Waals surface area contributed by atoms with E-state index in [2.05, 4.69) is 123 Å². The van der Waals surface area contributed by atoms with E-state index in [9.17, 15) is 15.0 Å². The molecule has 3 heterocycles. The van der Waals surface area contributed by atoms with Crippen LogP contribution in [0.4, 0.5) is 11.4 Å². The van der Waals surface area contributed by atoms with Gasteiger partial charge in [0.15, 0.2) is 0 Å². The first-order chi connectivity index (χ1) is 22.3. The average molecular weight is 634 g/mol. The Balaban J connectivity index is 1.41. The first-order valence-corrected chi connectivity index (χ1v) is 17.0. The fourth-order valence-corrected chi connectivity index (χ4v) is 6.90. The van der Waals surface area contributed by atoms with Crippen LogP contribution in [0, 0.1) is 12.3 Å². The number of anilines is 2. The molecule has 2 aliphatic heterocycles. The lowest BCUT2D eigenvalue weighted by molar-refractivity contribution is -0.142. The van der Waals surface area contributed by atoms with Gasteiger partial charge in [-0.3, -0.25) is 4.79 Å². The second-order valence-electron chi connectivity index (χ2n) is 15.3. The molecular formula is C40H49N4O3. The average Bonchev–Trinajstić information content (AvgIpc) is 3.50. The molecule has 0 atom stereocenters. The second kappa shape index (κ2) is 12.7. The number of carbonyl (C=O) groups is 1. The third kappa shape index (κ3) is 6.90. The van der Waals surface area contributed by atoms with E-state index in [0.29, 0.717) is 18.6 Å². The van der Waals surface area contributed by atoms with Gasteiger partial charge in [0.25, 0.3) is 0 Å². The molecule has 0 unspecified atom stereocenters. The Bertz CT molecular complexity index is 1680. The van der Waals surface area contributed by atoms with Crippen LogP contribution in [-0.2, 0) is 15.6 Å². The number of imidazole rings is 1. The quantitative estimate of drug-likeness (QED) is 0.197. The summed E-state index contributed by atoms with van der Waals surface area (Å²) in [5.74, 6) is 0.174. The van der Waals surface area contributed by atoms with Crippen LogP contribution in [0.1, 0.15) is 78.4 Å². The number of phenolic OH excluding ortho intramolecular Hbond substituents is 1. The Hall–Kier alpha value is -4.26. The molecule has 247 valence electrons. The highest BCUT2D eigenvalue weighted by Gasteiger charge is 2.28. The number of piperidine rings is 2. The Kier molecular flexibility index (Phi) is 8.86. The van der Waals surface area contributed by atoms with Crippen molar-refractivity contribution < 1.29 is 15.0 Å². The van der Waals surface area contributed by atoms with E-state index in [1.807, 2.05) is 0 Å². The molecule has 0 saturated carbocycles. The summed E-state index contributed by atoms with van der Waals surface area (Å²) in [5.41, 5.74) is 8.48. The smallest absolute Gasteiger partial charge is 0.306 e. The van der Waals surface area contributed by atoms with E-state index in [0.717, 1.165) is 89.7 Å². The van der Waals surface area contributed by atoms with Gasteiger partial charge in [0.05, 0.1) is 17.3 Å². The summed E-state index contributed by atoms with van der Waals surface area (Å²) >= 11 is 0. The van der Waals surface area contributed by atoms with Crippen molar-refractivity contribution in [1.82, 2.24) is 9.97 Å². The van der Waals surface area contributed by atoms with Gasteiger partial charge < -0.3 is 25.0 Å². The first kappa shape index (κ1) is 32.7. The van der Waals surface area contributed by atoms with Crippen LogP contribution in [-0.4, -0.2) is 52.3 Å². The molecule has 1 radical (unpaired) electrons. The molecule has 6 rings (SSSR count). The molecule has 0 aliphatic carbocycles. The normalized spacial score (nSPS) is 16.5. The number of carboxylic acid groups (broad SMARTS) is 1. The number of aromatic nitrogens is 2. The molecule has 2 fully saturated rings. The van der Waals surface area contributed by atoms with Gasteiger partial charge in [0.1, 0.15) is 11.6 Å². The van der Waals surface area contributed by atoms with Gasteiger partial charge >= 0.3 is 5.97 Å². The van der Waals surface area contributed by atoms with E-state index in [-0.39, 0.29) is 16.7 Å². The van der Waals surface area contributed by atoms with Crippen molar-refractivity contribution in [2.75, 3.05) is 36.0 Å². The number of phenols is 1. The Labute approximate surface area is 279 Å². The van der Waals surface area contributed by atoms with Gasteiger partial charge in [-0.25, -0.2) is 4.98 Å². The number of carboxylic acids is 1. The SMILES string of the molecule is CC(C)(C)c1cc(-c2nc(-c3ccc(N4CC[CH]CC4)cc3)c(-c3ccc(N4CCC(C(=O)O)CC4)cc3)[nH]2)cc(C(C)(C)C)c1O. The number of H-pyrrole nitrogens is 1. The zero-order valence-corrected chi connectivity index (χ0v) is 28.7. The monoisotopic (exact) mass is 633 g/mol. The maximum Gasteiger partial charge on any atom is 0.306 e. The summed E-state index contributed by atoms with van der Waals surface area (Å²) in [6, 6.07) is 21.5. The van der Waals surface area contributed by atoms with Crippen LogP contribution in [0.3, 0.4) is 0 Å². The minimum Gasteiger partial charge on any atom is -0.507 e. The molecule has 0 amide bonds. The maximum absolute atomic E-state index is 11.5. The Morgan fingerprint density at radius 3 is 1.72 bits per heavy atom. The van der Waals surface area contributed by atoms with Crippen molar-refractivity contribution in [2.24, 2.45) is 5.92 Å². The number of nitrogens with zero attached hydrogens (tertiary/aromatic N) is 3. The lowest BCUT2D eigenvalue weighted by Gasteiger charge is -2.32. The first-order valence-electron chi connectivity index (χ1n) is 17.0. The van der Waals surface area contributed by atoms with Crippen LogP contribution >= 0.6 is 0 Å². The number of rotatable bonds is 6. The number of benzene rings is 3. The van der Waals surface area contributed by atoms with Crippen molar-refractivity contribution in [3.63, 3.8) is 0 Å². The number of hydrogen-bond acceptors (Lipinski definition) is 5. The van der Waals surface area contributed by atoms with Gasteiger partial charge in [0.2, 0.25) is 0 Å². The maximum atomic E-state index is 11.5. The third-order valence-corrected chi connectivity index (χ3v) is 9.78. The van der Waals surface area contributed by atoms with Crippen molar-refractivity contribution in [3.8, 4) is 39.7 Å². The van der Waals surface area contributed by atoms with Crippen LogP contribution in [0.2, 0.25) is 0 Å². The van der Waals surface area contributed by atoms with E-state index in [1.54, 1.807) is 0 Å². The predicted molar refractivity (Wildman–Crippen MR) is 192 cm³/mol. The molecule has 47 heavy (non-hydrogen) atoms. The standard InChI is InChI=1S/C40H49N4O3/c1-39(2,3)32-24-29(25-33(36(32)45)40(4,5)6)37-41-34(26-10-14-30(15-11-26)43-20-8-7-9-21-43)35(42-37)27-12-16-31(17-13-27)44-22-18-28(19-23-44)38(46)47/h7,10-17,24-25,28,45H,8-9,18-23H2,1-6H3,(H,41,42)(H,46,47). The largest absolute Gasteiger partial charge is 0.507 e. The van der Waals surface area contributed by atoms with Crippen LogP contribution in [0.5, 0.6) is 5.75 Å². The molecule has 1 aromatic heterocycles. The highest BCUT2D eigenvalue weighted by Crippen LogP contribution is 2.43. The lowest BCUT2D eigenvalue weighted by Crippen LogP contribution is -2.36. The van der Waals surface area contributed by atoms with Crippen molar-refractivity contribution in [1.29, 1.82) is 0 Å². The van der Waals surface area contributed by atoms with Gasteiger partial charge in [-0.05, 0) is 79.3 Å². The van der Waals surface area contributed by atoms with Crippen molar-refractivity contribution >= 4 is 17.3 Å².